The molecule has 24 heavy (non-hydrogen) atoms. The Morgan fingerprint density at radius 1 is 1.21 bits per heavy atom. The van der Waals surface area contributed by atoms with Gasteiger partial charge in [0.15, 0.2) is 0 Å². The first-order valence-electron chi connectivity index (χ1n) is 8.17. The number of unbranched alkanes of at least 4 members (excludes halogenated alkanes) is 1. The predicted octanol–water partition coefficient (Wildman–Crippen LogP) is 4.42. The number of hydrogen-bond acceptors (Lipinski definition) is 2. The Labute approximate surface area is 146 Å². The maximum absolute atomic E-state index is 12.3. The zero-order valence-corrected chi connectivity index (χ0v) is 14.4. The third kappa shape index (κ3) is 3.60. The molecule has 0 aliphatic rings. The molecule has 124 valence electrons. The Kier molecular flexibility index (Phi) is 5.16. The molecule has 1 amide bonds. The van der Waals surface area contributed by atoms with E-state index in [1.807, 2.05) is 18.2 Å². The monoisotopic (exact) mass is 341 g/mol. The lowest BCUT2D eigenvalue weighted by atomic mass is 10.2. The molecule has 0 saturated carbocycles. The molecule has 0 aliphatic carbocycles. The second-order valence-corrected chi connectivity index (χ2v) is 6.15. The summed E-state index contributed by atoms with van der Waals surface area (Å²) >= 11 is 5.95. The lowest BCUT2D eigenvalue weighted by molar-refractivity contribution is 0.0949. The molecule has 0 radical (unpaired) electrons. The van der Waals surface area contributed by atoms with Gasteiger partial charge in [-0.05, 0) is 36.8 Å². The first-order chi connectivity index (χ1) is 11.7. The van der Waals surface area contributed by atoms with Gasteiger partial charge in [0, 0.05) is 17.1 Å². The van der Waals surface area contributed by atoms with Gasteiger partial charge in [0.05, 0.1) is 17.6 Å². The van der Waals surface area contributed by atoms with E-state index in [4.69, 9.17) is 11.6 Å². The highest BCUT2D eigenvalue weighted by molar-refractivity contribution is 6.30. The van der Waals surface area contributed by atoms with Crippen LogP contribution in [0.15, 0.2) is 48.5 Å². The van der Waals surface area contributed by atoms with Crippen molar-refractivity contribution >= 4 is 28.5 Å². The molecule has 0 bridgehead atoms. The maximum Gasteiger partial charge on any atom is 0.251 e. The number of aromatic nitrogens is 2. The van der Waals surface area contributed by atoms with Crippen LogP contribution >= 0.6 is 11.6 Å². The van der Waals surface area contributed by atoms with Gasteiger partial charge < -0.3 is 9.88 Å². The van der Waals surface area contributed by atoms with E-state index in [1.54, 1.807) is 24.3 Å². The van der Waals surface area contributed by atoms with Crippen molar-refractivity contribution in [3.05, 3.63) is 64.9 Å². The average Bonchev–Trinajstić information content (AvgIpc) is 2.95. The molecule has 0 saturated heterocycles. The summed E-state index contributed by atoms with van der Waals surface area (Å²) in [5.74, 6) is 0.728. The fourth-order valence-corrected chi connectivity index (χ4v) is 2.91. The Bertz CT molecular complexity index is 857. The van der Waals surface area contributed by atoms with Crippen LogP contribution in [0.2, 0.25) is 5.02 Å². The molecular formula is C19H20ClN3O. The van der Waals surface area contributed by atoms with Gasteiger partial charge in [-0.3, -0.25) is 4.79 Å². The quantitative estimate of drug-likeness (QED) is 0.721. The van der Waals surface area contributed by atoms with Gasteiger partial charge in [-0.2, -0.15) is 0 Å². The third-order valence-electron chi connectivity index (χ3n) is 3.96. The standard InChI is InChI=1S/C19H20ClN3O/c1-2-3-11-23-17-10-5-4-9-16(17)22-18(23)13-21-19(24)14-7-6-8-15(20)12-14/h4-10,12H,2-3,11,13H2,1H3,(H,21,24). The maximum atomic E-state index is 12.3. The highest BCUT2D eigenvalue weighted by Crippen LogP contribution is 2.17. The van der Waals surface area contributed by atoms with E-state index in [1.165, 1.54) is 0 Å². The molecule has 0 fully saturated rings. The molecular weight excluding hydrogens is 322 g/mol. The van der Waals surface area contributed by atoms with Gasteiger partial charge in [-0.15, -0.1) is 0 Å². The number of para-hydroxylation sites is 2. The van der Waals surface area contributed by atoms with E-state index in [2.05, 4.69) is 27.9 Å². The Morgan fingerprint density at radius 3 is 2.83 bits per heavy atom. The molecule has 0 spiro atoms. The number of amides is 1. The Morgan fingerprint density at radius 2 is 2.04 bits per heavy atom. The zero-order chi connectivity index (χ0) is 16.9. The van der Waals surface area contributed by atoms with E-state index in [-0.39, 0.29) is 5.91 Å². The van der Waals surface area contributed by atoms with Gasteiger partial charge in [0.2, 0.25) is 0 Å². The largest absolute Gasteiger partial charge is 0.345 e. The number of carbonyl (C=O) groups is 1. The third-order valence-corrected chi connectivity index (χ3v) is 4.20. The molecule has 0 unspecified atom stereocenters. The number of imidazole rings is 1. The highest BCUT2D eigenvalue weighted by atomic mass is 35.5. The normalized spacial score (nSPS) is 10.9. The van der Waals surface area contributed by atoms with Gasteiger partial charge >= 0.3 is 0 Å². The molecule has 4 nitrogen and oxygen atoms in total. The van der Waals surface area contributed by atoms with Crippen molar-refractivity contribution in [1.29, 1.82) is 0 Å². The Hall–Kier alpha value is -2.33. The molecule has 5 heteroatoms. The lowest BCUT2D eigenvalue weighted by Gasteiger charge is -2.10. The molecule has 0 atom stereocenters. The van der Waals surface area contributed by atoms with Crippen molar-refractivity contribution in [2.75, 3.05) is 0 Å². The smallest absolute Gasteiger partial charge is 0.251 e. The number of fused-ring (bicyclic) bond motifs is 1. The number of carbonyl (C=O) groups excluding carboxylic acids is 1. The molecule has 3 rings (SSSR count). The summed E-state index contributed by atoms with van der Waals surface area (Å²) in [5.41, 5.74) is 2.62. The van der Waals surface area contributed by atoms with Crippen molar-refractivity contribution in [2.45, 2.75) is 32.9 Å². The van der Waals surface area contributed by atoms with Gasteiger partial charge in [-0.1, -0.05) is 43.1 Å². The summed E-state index contributed by atoms with van der Waals surface area (Å²) in [7, 11) is 0. The number of nitrogens with zero attached hydrogens (tertiary/aromatic N) is 2. The molecule has 1 aromatic heterocycles. The van der Waals surface area contributed by atoms with Crippen LogP contribution in [0.1, 0.15) is 35.9 Å². The number of benzene rings is 2. The molecule has 0 aliphatic heterocycles. The van der Waals surface area contributed by atoms with E-state index in [9.17, 15) is 4.79 Å². The molecule has 1 heterocycles. The van der Waals surface area contributed by atoms with Gasteiger partial charge in [0.25, 0.3) is 5.91 Å². The van der Waals surface area contributed by atoms with Crippen LogP contribution in [0.25, 0.3) is 11.0 Å². The minimum atomic E-state index is -0.147. The SMILES string of the molecule is CCCCn1c(CNC(=O)c2cccc(Cl)c2)nc2ccccc21. The summed E-state index contributed by atoms with van der Waals surface area (Å²) in [6.45, 7) is 3.46. The molecule has 2 aromatic carbocycles. The fourth-order valence-electron chi connectivity index (χ4n) is 2.72. The first kappa shape index (κ1) is 16.5. The van der Waals surface area contributed by atoms with Crippen LogP contribution < -0.4 is 5.32 Å². The van der Waals surface area contributed by atoms with Gasteiger partial charge in [0.1, 0.15) is 5.82 Å². The van der Waals surface area contributed by atoms with Crippen LogP contribution in [-0.2, 0) is 13.1 Å². The number of aryl methyl sites for hydroxylation is 1. The summed E-state index contributed by atoms with van der Waals surface area (Å²) in [4.78, 5) is 17.0. The number of nitrogens with one attached hydrogen (secondary N) is 1. The van der Waals surface area contributed by atoms with E-state index >= 15 is 0 Å². The van der Waals surface area contributed by atoms with Crippen LogP contribution in [0.4, 0.5) is 0 Å². The molecule has 3 aromatic rings. The minimum Gasteiger partial charge on any atom is -0.345 e. The predicted molar refractivity (Wildman–Crippen MR) is 97.3 cm³/mol. The van der Waals surface area contributed by atoms with Crippen molar-refractivity contribution < 1.29 is 4.79 Å². The first-order valence-corrected chi connectivity index (χ1v) is 8.54. The number of halogens is 1. The number of rotatable bonds is 6. The van der Waals surface area contributed by atoms with Crippen molar-refractivity contribution in [3.63, 3.8) is 0 Å². The van der Waals surface area contributed by atoms with Gasteiger partial charge in [-0.25, -0.2) is 4.98 Å². The highest BCUT2D eigenvalue weighted by Gasteiger charge is 2.12. The van der Waals surface area contributed by atoms with Crippen LogP contribution in [0, 0.1) is 0 Å². The topological polar surface area (TPSA) is 46.9 Å². The van der Waals surface area contributed by atoms with Crippen LogP contribution in [-0.4, -0.2) is 15.5 Å². The molecule has 1 N–H and O–H groups in total. The van der Waals surface area contributed by atoms with Crippen LogP contribution in [0.5, 0.6) is 0 Å². The van der Waals surface area contributed by atoms with E-state index < -0.39 is 0 Å². The lowest BCUT2D eigenvalue weighted by Crippen LogP contribution is -2.24. The summed E-state index contributed by atoms with van der Waals surface area (Å²) < 4.78 is 2.19. The summed E-state index contributed by atoms with van der Waals surface area (Å²) in [5, 5.41) is 3.49. The van der Waals surface area contributed by atoms with E-state index in [0.717, 1.165) is 36.2 Å². The van der Waals surface area contributed by atoms with Crippen molar-refractivity contribution in [3.8, 4) is 0 Å². The van der Waals surface area contributed by atoms with Crippen molar-refractivity contribution in [1.82, 2.24) is 14.9 Å². The van der Waals surface area contributed by atoms with Crippen molar-refractivity contribution in [2.24, 2.45) is 0 Å². The Balaban J connectivity index is 1.80. The zero-order valence-electron chi connectivity index (χ0n) is 13.6. The second kappa shape index (κ2) is 7.49. The minimum absolute atomic E-state index is 0.147. The summed E-state index contributed by atoms with van der Waals surface area (Å²) in [6.07, 6.45) is 2.19. The fraction of sp³-hybridized carbons (Fsp3) is 0.263. The summed E-state index contributed by atoms with van der Waals surface area (Å²) in [6, 6.07) is 15.0. The van der Waals surface area contributed by atoms with E-state index in [0.29, 0.717) is 17.1 Å². The number of hydrogen-bond donors (Lipinski definition) is 1. The second-order valence-electron chi connectivity index (χ2n) is 5.71. The van der Waals surface area contributed by atoms with Crippen LogP contribution in [0.3, 0.4) is 0 Å². The average molecular weight is 342 g/mol.